The topological polar surface area (TPSA) is 76.7 Å². The van der Waals surface area contributed by atoms with Gasteiger partial charge in [-0.25, -0.2) is 10.8 Å². The number of anilines is 1. The molecule has 2 aromatic rings. The molecule has 0 fully saturated rings. The molecule has 0 saturated heterocycles. The van der Waals surface area contributed by atoms with Gasteiger partial charge in [-0.15, -0.1) is 21.5 Å². The summed E-state index contributed by atoms with van der Waals surface area (Å²) in [6.45, 7) is 4.00. The monoisotopic (exact) mass is 221 g/mol. The van der Waals surface area contributed by atoms with E-state index >= 15 is 0 Å². The number of aryl methyl sites for hydroxylation is 2. The van der Waals surface area contributed by atoms with Crippen molar-refractivity contribution in [2.75, 3.05) is 5.43 Å². The van der Waals surface area contributed by atoms with Gasteiger partial charge in [0.25, 0.3) is 0 Å². The number of rotatable bonds is 2. The van der Waals surface area contributed by atoms with Crippen molar-refractivity contribution >= 4 is 17.2 Å². The molecule has 15 heavy (non-hydrogen) atoms. The molecule has 0 radical (unpaired) electrons. The van der Waals surface area contributed by atoms with Crippen molar-refractivity contribution in [3.63, 3.8) is 0 Å². The second-order valence-corrected chi connectivity index (χ2v) is 4.49. The first-order valence-corrected chi connectivity index (χ1v) is 5.27. The molecule has 0 unspecified atom stereocenters. The van der Waals surface area contributed by atoms with E-state index in [9.17, 15) is 0 Å². The first-order valence-electron chi connectivity index (χ1n) is 4.45. The van der Waals surface area contributed by atoms with Crippen LogP contribution in [0.15, 0.2) is 12.1 Å². The minimum Gasteiger partial charge on any atom is -0.307 e. The minimum atomic E-state index is 0.545. The normalized spacial score (nSPS) is 10.3. The third-order valence-electron chi connectivity index (χ3n) is 1.96. The molecule has 2 aromatic heterocycles. The average molecular weight is 221 g/mol. The van der Waals surface area contributed by atoms with Gasteiger partial charge in [0, 0.05) is 4.88 Å². The molecule has 0 amide bonds. The lowest BCUT2D eigenvalue weighted by Gasteiger charge is -1.99. The SMILES string of the molecule is Cc1nc(-c2ccc(NN)nn2)c(C)s1. The van der Waals surface area contributed by atoms with Gasteiger partial charge in [0.1, 0.15) is 11.4 Å². The number of aromatic nitrogens is 3. The first kappa shape index (κ1) is 10.0. The predicted molar refractivity (Wildman–Crippen MR) is 60.4 cm³/mol. The summed E-state index contributed by atoms with van der Waals surface area (Å²) in [5, 5.41) is 8.98. The van der Waals surface area contributed by atoms with Crippen LogP contribution in [0, 0.1) is 13.8 Å². The highest BCUT2D eigenvalue weighted by atomic mass is 32.1. The van der Waals surface area contributed by atoms with Crippen LogP contribution in [0.1, 0.15) is 9.88 Å². The summed E-state index contributed by atoms with van der Waals surface area (Å²) in [4.78, 5) is 5.55. The standard InChI is InChI=1S/C9H11N5S/c1-5-9(11-6(2)15-5)7-3-4-8(12-10)14-13-7/h3-4H,10H2,1-2H3,(H,12,14). The Balaban J connectivity index is 2.41. The number of nitrogen functional groups attached to an aromatic ring is 1. The van der Waals surface area contributed by atoms with Crippen LogP contribution >= 0.6 is 11.3 Å². The lowest BCUT2D eigenvalue weighted by atomic mass is 10.2. The average Bonchev–Trinajstić information content (AvgIpc) is 2.58. The van der Waals surface area contributed by atoms with Crippen molar-refractivity contribution in [1.29, 1.82) is 0 Å². The van der Waals surface area contributed by atoms with Gasteiger partial charge in [0.05, 0.1) is 5.01 Å². The molecule has 0 aliphatic rings. The minimum absolute atomic E-state index is 0.545. The Morgan fingerprint density at radius 2 is 2.07 bits per heavy atom. The Bertz CT molecular complexity index is 462. The maximum atomic E-state index is 5.21. The Morgan fingerprint density at radius 1 is 1.27 bits per heavy atom. The summed E-state index contributed by atoms with van der Waals surface area (Å²) in [7, 11) is 0. The van der Waals surface area contributed by atoms with Crippen molar-refractivity contribution in [2.24, 2.45) is 5.84 Å². The second kappa shape index (κ2) is 3.92. The van der Waals surface area contributed by atoms with E-state index in [2.05, 4.69) is 20.6 Å². The highest BCUT2D eigenvalue weighted by Crippen LogP contribution is 2.25. The lowest BCUT2D eigenvalue weighted by Crippen LogP contribution is -2.09. The van der Waals surface area contributed by atoms with Crippen LogP contribution in [0.5, 0.6) is 0 Å². The summed E-state index contributed by atoms with van der Waals surface area (Å²) in [6.07, 6.45) is 0. The van der Waals surface area contributed by atoms with E-state index in [4.69, 9.17) is 5.84 Å². The van der Waals surface area contributed by atoms with E-state index in [1.165, 1.54) is 0 Å². The Morgan fingerprint density at radius 3 is 2.53 bits per heavy atom. The van der Waals surface area contributed by atoms with Gasteiger partial charge in [-0.2, -0.15) is 0 Å². The van der Waals surface area contributed by atoms with Crippen LogP contribution in [-0.4, -0.2) is 15.2 Å². The smallest absolute Gasteiger partial charge is 0.162 e. The van der Waals surface area contributed by atoms with Gasteiger partial charge in [0.2, 0.25) is 0 Å². The summed E-state index contributed by atoms with van der Waals surface area (Å²) in [5.74, 6) is 5.75. The highest BCUT2D eigenvalue weighted by molar-refractivity contribution is 7.11. The molecule has 6 heteroatoms. The van der Waals surface area contributed by atoms with Gasteiger partial charge in [-0.1, -0.05) is 0 Å². The van der Waals surface area contributed by atoms with Crippen molar-refractivity contribution < 1.29 is 0 Å². The van der Waals surface area contributed by atoms with Crippen LogP contribution in [0.25, 0.3) is 11.4 Å². The largest absolute Gasteiger partial charge is 0.307 e. The van der Waals surface area contributed by atoms with Gasteiger partial charge >= 0.3 is 0 Å². The van der Waals surface area contributed by atoms with Gasteiger partial charge in [-0.3, -0.25) is 0 Å². The van der Waals surface area contributed by atoms with E-state index in [1.807, 2.05) is 19.9 Å². The van der Waals surface area contributed by atoms with E-state index < -0.39 is 0 Å². The van der Waals surface area contributed by atoms with E-state index in [0.29, 0.717) is 5.82 Å². The number of nitrogens with zero attached hydrogens (tertiary/aromatic N) is 3. The molecule has 0 spiro atoms. The quantitative estimate of drug-likeness (QED) is 0.593. The fraction of sp³-hybridized carbons (Fsp3) is 0.222. The fourth-order valence-electron chi connectivity index (χ4n) is 1.30. The van der Waals surface area contributed by atoms with Crippen LogP contribution in [0.3, 0.4) is 0 Å². The first-order chi connectivity index (χ1) is 7.20. The molecule has 0 aromatic carbocycles. The van der Waals surface area contributed by atoms with Gasteiger partial charge in [-0.05, 0) is 26.0 Å². The van der Waals surface area contributed by atoms with Gasteiger partial charge in [0.15, 0.2) is 5.82 Å². The number of nitrogens with two attached hydrogens (primary N) is 1. The van der Waals surface area contributed by atoms with Crippen LogP contribution in [0.4, 0.5) is 5.82 Å². The molecule has 0 saturated carbocycles. The summed E-state index contributed by atoms with van der Waals surface area (Å²) in [5.41, 5.74) is 4.10. The summed E-state index contributed by atoms with van der Waals surface area (Å²) < 4.78 is 0. The van der Waals surface area contributed by atoms with Crippen LogP contribution in [0.2, 0.25) is 0 Å². The molecule has 0 atom stereocenters. The molecule has 78 valence electrons. The fourth-order valence-corrected chi connectivity index (χ4v) is 2.13. The molecular weight excluding hydrogens is 210 g/mol. The number of hydrazine groups is 1. The van der Waals surface area contributed by atoms with E-state index in [0.717, 1.165) is 21.3 Å². The van der Waals surface area contributed by atoms with E-state index in [1.54, 1.807) is 17.4 Å². The molecule has 3 N–H and O–H groups in total. The Labute approximate surface area is 91.3 Å². The molecule has 0 bridgehead atoms. The lowest BCUT2D eigenvalue weighted by molar-refractivity contribution is 1.02. The van der Waals surface area contributed by atoms with Crippen LogP contribution < -0.4 is 11.3 Å². The summed E-state index contributed by atoms with van der Waals surface area (Å²) in [6, 6.07) is 3.63. The third kappa shape index (κ3) is 1.95. The highest BCUT2D eigenvalue weighted by Gasteiger charge is 2.09. The molecular formula is C9H11N5S. The maximum absolute atomic E-state index is 5.21. The van der Waals surface area contributed by atoms with Gasteiger partial charge < -0.3 is 5.43 Å². The van der Waals surface area contributed by atoms with E-state index in [-0.39, 0.29) is 0 Å². The number of hydrogen-bond donors (Lipinski definition) is 2. The molecule has 5 nitrogen and oxygen atoms in total. The number of hydrogen-bond acceptors (Lipinski definition) is 6. The second-order valence-electron chi connectivity index (χ2n) is 3.09. The number of nitrogens with one attached hydrogen (secondary N) is 1. The molecule has 0 aliphatic heterocycles. The third-order valence-corrected chi connectivity index (χ3v) is 2.84. The Kier molecular flexibility index (Phi) is 2.61. The zero-order valence-electron chi connectivity index (χ0n) is 8.48. The van der Waals surface area contributed by atoms with Crippen molar-refractivity contribution in [3.05, 3.63) is 22.0 Å². The van der Waals surface area contributed by atoms with Crippen LogP contribution in [-0.2, 0) is 0 Å². The van der Waals surface area contributed by atoms with Crippen molar-refractivity contribution in [3.8, 4) is 11.4 Å². The zero-order chi connectivity index (χ0) is 10.8. The molecule has 0 aliphatic carbocycles. The van der Waals surface area contributed by atoms with Crippen molar-refractivity contribution in [1.82, 2.24) is 15.2 Å². The molecule has 2 rings (SSSR count). The summed E-state index contributed by atoms with van der Waals surface area (Å²) >= 11 is 1.65. The molecule has 2 heterocycles. The maximum Gasteiger partial charge on any atom is 0.162 e. The zero-order valence-corrected chi connectivity index (χ0v) is 9.30. The number of thiazole rings is 1. The Hall–Kier alpha value is -1.53. The van der Waals surface area contributed by atoms with Crippen molar-refractivity contribution in [2.45, 2.75) is 13.8 Å². The predicted octanol–water partition coefficient (Wildman–Crippen LogP) is 1.50.